The van der Waals surface area contributed by atoms with Crippen molar-refractivity contribution in [3.8, 4) is 0 Å². The summed E-state index contributed by atoms with van der Waals surface area (Å²) in [7, 11) is 0. The fourth-order valence-corrected chi connectivity index (χ4v) is 4.18. The first kappa shape index (κ1) is 20.5. The molecule has 6 atom stereocenters. The maximum absolute atomic E-state index is 12.4. The van der Waals surface area contributed by atoms with E-state index in [-0.39, 0.29) is 24.6 Å². The van der Waals surface area contributed by atoms with Gasteiger partial charge in [-0.15, -0.1) is 0 Å². The monoisotopic (exact) mass is 411 g/mol. The van der Waals surface area contributed by atoms with Crippen LogP contribution in [-0.2, 0) is 20.7 Å². The SMILES string of the molecule is O=C(OC1CC2NC(C1)C(OC(=O)C(O)Cc1ccccc1)C2O)c1ccccc1. The Morgan fingerprint density at radius 1 is 0.967 bits per heavy atom. The lowest BCUT2D eigenvalue weighted by Crippen LogP contribution is -2.45. The van der Waals surface area contributed by atoms with Crippen LogP contribution >= 0.6 is 0 Å². The van der Waals surface area contributed by atoms with Crippen LogP contribution in [0.5, 0.6) is 0 Å². The zero-order valence-electron chi connectivity index (χ0n) is 16.4. The van der Waals surface area contributed by atoms with Gasteiger partial charge in [0.2, 0.25) is 0 Å². The maximum atomic E-state index is 12.4. The first-order valence-electron chi connectivity index (χ1n) is 10.1. The highest BCUT2D eigenvalue weighted by atomic mass is 16.6. The lowest BCUT2D eigenvalue weighted by Gasteiger charge is -2.29. The third-order valence-corrected chi connectivity index (χ3v) is 5.69. The molecule has 2 aliphatic heterocycles. The first-order chi connectivity index (χ1) is 14.5. The van der Waals surface area contributed by atoms with Gasteiger partial charge in [-0.25, -0.2) is 9.59 Å². The molecular formula is C23H25NO6. The van der Waals surface area contributed by atoms with Gasteiger partial charge in [-0.1, -0.05) is 48.5 Å². The molecule has 7 nitrogen and oxygen atoms in total. The highest BCUT2D eigenvalue weighted by Gasteiger charge is 2.50. The number of rotatable bonds is 6. The third-order valence-electron chi connectivity index (χ3n) is 5.69. The average Bonchev–Trinajstić information content (AvgIpc) is 2.98. The van der Waals surface area contributed by atoms with E-state index in [0.717, 1.165) is 5.56 Å². The minimum absolute atomic E-state index is 0.140. The quantitative estimate of drug-likeness (QED) is 0.614. The number of ether oxygens (including phenoxy) is 2. The lowest BCUT2D eigenvalue weighted by atomic mass is 10.0. The number of carbonyl (C=O) groups is 2. The second kappa shape index (κ2) is 8.95. The van der Waals surface area contributed by atoms with Crippen LogP contribution in [0.1, 0.15) is 28.8 Å². The second-order valence-electron chi connectivity index (χ2n) is 7.84. The molecule has 0 amide bonds. The summed E-state index contributed by atoms with van der Waals surface area (Å²) in [4.78, 5) is 24.7. The van der Waals surface area contributed by atoms with Gasteiger partial charge in [0.25, 0.3) is 0 Å². The number of esters is 2. The van der Waals surface area contributed by atoms with Crippen molar-refractivity contribution in [1.29, 1.82) is 0 Å². The topological polar surface area (TPSA) is 105 Å². The Kier molecular flexibility index (Phi) is 6.13. The molecule has 3 N–H and O–H groups in total. The molecule has 4 rings (SSSR count). The minimum atomic E-state index is -1.31. The van der Waals surface area contributed by atoms with Crippen molar-refractivity contribution in [2.75, 3.05) is 0 Å². The predicted octanol–water partition coefficient (Wildman–Crippen LogP) is 1.22. The maximum Gasteiger partial charge on any atom is 0.338 e. The van der Waals surface area contributed by atoms with Crippen LogP contribution in [0.15, 0.2) is 60.7 Å². The van der Waals surface area contributed by atoms with E-state index < -0.39 is 30.3 Å². The highest BCUT2D eigenvalue weighted by Crippen LogP contribution is 2.32. The number of benzene rings is 2. The molecule has 7 heteroatoms. The first-order valence-corrected chi connectivity index (χ1v) is 10.1. The molecule has 2 aromatic rings. The smallest absolute Gasteiger partial charge is 0.338 e. The molecule has 0 radical (unpaired) electrons. The molecular weight excluding hydrogens is 386 g/mol. The number of carbonyl (C=O) groups excluding carboxylic acids is 2. The van der Waals surface area contributed by atoms with Crippen LogP contribution in [0, 0.1) is 0 Å². The number of fused-ring (bicyclic) bond motifs is 2. The molecule has 158 valence electrons. The lowest BCUT2D eigenvalue weighted by molar-refractivity contribution is -0.164. The van der Waals surface area contributed by atoms with Gasteiger partial charge in [0.15, 0.2) is 6.10 Å². The summed E-state index contributed by atoms with van der Waals surface area (Å²) >= 11 is 0. The fraction of sp³-hybridized carbons (Fsp3) is 0.391. The zero-order chi connectivity index (χ0) is 21.1. The Morgan fingerprint density at radius 3 is 2.30 bits per heavy atom. The summed E-state index contributed by atoms with van der Waals surface area (Å²) in [6.07, 6.45) is -2.44. The molecule has 2 bridgehead atoms. The van der Waals surface area contributed by atoms with E-state index in [9.17, 15) is 19.8 Å². The standard InChI is InChI=1S/C23H25NO6/c25-19(11-14-7-3-1-4-8-14)23(28)30-21-18-13-16(12-17(24-18)20(21)26)29-22(27)15-9-5-2-6-10-15/h1-10,16-21,24-26H,11-13H2. The van der Waals surface area contributed by atoms with Crippen molar-refractivity contribution >= 4 is 11.9 Å². The fourth-order valence-electron chi connectivity index (χ4n) is 4.18. The molecule has 2 heterocycles. The van der Waals surface area contributed by atoms with E-state index in [4.69, 9.17) is 9.47 Å². The third kappa shape index (κ3) is 4.53. The van der Waals surface area contributed by atoms with Gasteiger partial charge in [0.05, 0.1) is 11.6 Å². The molecule has 0 saturated carbocycles. The summed E-state index contributed by atoms with van der Waals surface area (Å²) in [6.45, 7) is 0. The Balaban J connectivity index is 1.34. The normalized spacial score (nSPS) is 28.5. The summed E-state index contributed by atoms with van der Waals surface area (Å²) in [6, 6.07) is 17.2. The van der Waals surface area contributed by atoms with Gasteiger partial charge in [-0.2, -0.15) is 0 Å². The van der Waals surface area contributed by atoms with Crippen molar-refractivity contribution in [2.45, 2.75) is 55.8 Å². The Hall–Kier alpha value is -2.74. The number of hydrogen-bond acceptors (Lipinski definition) is 7. The van der Waals surface area contributed by atoms with Gasteiger partial charge in [0.1, 0.15) is 18.3 Å². The summed E-state index contributed by atoms with van der Waals surface area (Å²) in [5, 5.41) is 24.0. The van der Waals surface area contributed by atoms with Crippen LogP contribution in [0.2, 0.25) is 0 Å². The van der Waals surface area contributed by atoms with Crippen molar-refractivity contribution < 1.29 is 29.3 Å². The Labute approximate surface area is 174 Å². The second-order valence-corrected chi connectivity index (χ2v) is 7.84. The molecule has 0 aromatic heterocycles. The van der Waals surface area contributed by atoms with Crippen LogP contribution in [-0.4, -0.2) is 58.7 Å². The van der Waals surface area contributed by atoms with Crippen LogP contribution in [0.3, 0.4) is 0 Å². The van der Waals surface area contributed by atoms with Gasteiger partial charge in [0, 0.05) is 25.3 Å². The minimum Gasteiger partial charge on any atom is -0.459 e. The molecule has 2 aliphatic rings. The van der Waals surface area contributed by atoms with Crippen molar-refractivity contribution in [1.82, 2.24) is 5.32 Å². The molecule has 30 heavy (non-hydrogen) atoms. The van der Waals surface area contributed by atoms with Gasteiger partial charge < -0.3 is 25.0 Å². The molecule has 0 aliphatic carbocycles. The van der Waals surface area contributed by atoms with Crippen LogP contribution < -0.4 is 5.32 Å². The number of hydrogen-bond donors (Lipinski definition) is 3. The highest BCUT2D eigenvalue weighted by molar-refractivity contribution is 5.89. The van der Waals surface area contributed by atoms with Gasteiger partial charge in [-0.05, 0) is 17.7 Å². The van der Waals surface area contributed by atoms with Gasteiger partial charge in [-0.3, -0.25) is 0 Å². The number of aliphatic hydroxyl groups excluding tert-OH is 2. The van der Waals surface area contributed by atoms with E-state index in [2.05, 4.69) is 5.32 Å². The Morgan fingerprint density at radius 2 is 1.60 bits per heavy atom. The summed E-state index contributed by atoms with van der Waals surface area (Å²) in [5.41, 5.74) is 1.29. The average molecular weight is 411 g/mol. The van der Waals surface area contributed by atoms with Crippen molar-refractivity contribution in [3.05, 3.63) is 71.8 Å². The van der Waals surface area contributed by atoms with Crippen LogP contribution in [0.25, 0.3) is 0 Å². The van der Waals surface area contributed by atoms with E-state index in [1.54, 1.807) is 24.3 Å². The molecule has 2 fully saturated rings. The number of aliphatic hydroxyl groups is 2. The molecule has 2 aromatic carbocycles. The molecule has 2 saturated heterocycles. The molecule has 6 unspecified atom stereocenters. The van der Waals surface area contributed by atoms with Gasteiger partial charge >= 0.3 is 11.9 Å². The van der Waals surface area contributed by atoms with E-state index >= 15 is 0 Å². The zero-order valence-corrected chi connectivity index (χ0v) is 16.4. The van der Waals surface area contributed by atoms with Crippen molar-refractivity contribution in [3.63, 3.8) is 0 Å². The Bertz CT molecular complexity index is 874. The number of nitrogens with one attached hydrogen (secondary N) is 1. The molecule has 0 spiro atoms. The van der Waals surface area contributed by atoms with E-state index in [1.807, 2.05) is 36.4 Å². The predicted molar refractivity (Wildman–Crippen MR) is 108 cm³/mol. The van der Waals surface area contributed by atoms with Crippen LogP contribution in [0.4, 0.5) is 0 Å². The summed E-state index contributed by atoms with van der Waals surface area (Å²) < 4.78 is 11.1. The van der Waals surface area contributed by atoms with E-state index in [0.29, 0.717) is 18.4 Å². The van der Waals surface area contributed by atoms with E-state index in [1.165, 1.54) is 0 Å². The number of piperidine rings is 1. The van der Waals surface area contributed by atoms with Crippen molar-refractivity contribution in [2.24, 2.45) is 0 Å². The summed E-state index contributed by atoms with van der Waals surface area (Å²) in [5.74, 6) is -1.18. The largest absolute Gasteiger partial charge is 0.459 e.